The Morgan fingerprint density at radius 1 is 0.304 bits per heavy atom. The lowest BCUT2D eigenvalue weighted by molar-refractivity contribution is 1.07. The predicted octanol–water partition coefficient (Wildman–Crippen LogP) is 13.3. The molecule has 10 aromatic rings. The number of rotatable bonds is 8. The number of aromatic nitrogens is 4. The normalized spacial score (nSPS) is 11.9. The Morgan fingerprint density at radius 2 is 0.732 bits per heavy atom. The lowest BCUT2D eigenvalue weighted by Gasteiger charge is -2.42. The number of nitrogens with zero attached hydrogens (tertiary/aromatic N) is 4. The summed E-state index contributed by atoms with van der Waals surface area (Å²) in [6.45, 7) is 0. The van der Waals surface area contributed by atoms with Crippen molar-refractivity contribution in [2.24, 2.45) is 0 Å². The molecule has 0 saturated heterocycles. The van der Waals surface area contributed by atoms with Crippen LogP contribution in [0.25, 0.3) is 61.7 Å². The first-order chi connectivity index (χ1) is 27.8. The van der Waals surface area contributed by atoms with Gasteiger partial charge in [0.25, 0.3) is 0 Å². The van der Waals surface area contributed by atoms with Gasteiger partial charge >= 0.3 is 0 Å². The first kappa shape index (κ1) is 33.5. The highest BCUT2D eigenvalue weighted by Crippen LogP contribution is 2.73. The van der Waals surface area contributed by atoms with Crippen LogP contribution in [0.5, 0.6) is 0 Å². The Bertz CT molecular complexity index is 2790. The van der Waals surface area contributed by atoms with Crippen LogP contribution in [0.3, 0.4) is 0 Å². The average Bonchev–Trinajstić information content (AvgIpc) is 3.62. The molecule has 0 radical (unpaired) electrons. The number of fused-ring (bicyclic) bond motifs is 3. The van der Waals surface area contributed by atoms with Gasteiger partial charge in [0.2, 0.25) is 0 Å². The van der Waals surface area contributed by atoms with Crippen LogP contribution in [0.4, 0.5) is 0 Å². The van der Waals surface area contributed by atoms with Gasteiger partial charge in [-0.2, -0.15) is 0 Å². The largest absolute Gasteiger partial charge is 0.309 e. The third-order valence-electron chi connectivity index (χ3n) is 10.3. The molecule has 5 heteroatoms. The molecule has 56 heavy (non-hydrogen) atoms. The van der Waals surface area contributed by atoms with Gasteiger partial charge in [-0.15, -0.1) is 10.0 Å². The van der Waals surface area contributed by atoms with E-state index in [-0.39, 0.29) is 0 Å². The summed E-state index contributed by atoms with van der Waals surface area (Å²) in [5.74, 6) is 1.92. The van der Waals surface area contributed by atoms with E-state index in [1.807, 2.05) is 60.7 Å². The van der Waals surface area contributed by atoms with Gasteiger partial charge in [-0.1, -0.05) is 146 Å². The Labute approximate surface area is 327 Å². The molecule has 0 spiro atoms. The zero-order valence-corrected chi connectivity index (χ0v) is 31.3. The van der Waals surface area contributed by atoms with Crippen LogP contribution in [0.1, 0.15) is 0 Å². The van der Waals surface area contributed by atoms with E-state index < -0.39 is 10.0 Å². The van der Waals surface area contributed by atoms with Crippen molar-refractivity contribution in [3.05, 3.63) is 218 Å². The standard InChI is InChI=1S/C51H36N4S/c1-6-19-37(20-7-1)49-52-50(38-21-8-2-9-22-38)54-51(53-49)39-23-18-24-40(35-39)55-47-32-17-16-31-45(47)46-36-44(33-34-48(46)55)56(41-25-10-3-11-26-41,42-27-12-4-13-28-42)43-29-14-5-15-30-43/h1-36H. The lowest BCUT2D eigenvalue weighted by atomic mass is 10.1. The third kappa shape index (κ3) is 5.77. The van der Waals surface area contributed by atoms with Gasteiger partial charge in [-0.05, 0) is 72.8 Å². The minimum absolute atomic E-state index is 0.629. The summed E-state index contributed by atoms with van der Waals surface area (Å²) < 4.78 is 2.37. The quantitative estimate of drug-likeness (QED) is 0.156. The molecule has 0 fully saturated rings. The zero-order valence-electron chi connectivity index (χ0n) is 30.5. The molecule has 0 N–H and O–H groups in total. The van der Waals surface area contributed by atoms with E-state index in [2.05, 4.69) is 162 Å². The maximum absolute atomic E-state index is 5.04. The van der Waals surface area contributed by atoms with Gasteiger partial charge in [-0.3, -0.25) is 0 Å². The van der Waals surface area contributed by atoms with Gasteiger partial charge in [0.15, 0.2) is 17.5 Å². The van der Waals surface area contributed by atoms with E-state index in [1.54, 1.807) is 0 Å². The number of hydrogen-bond donors (Lipinski definition) is 0. The van der Waals surface area contributed by atoms with E-state index in [1.165, 1.54) is 30.4 Å². The Balaban J connectivity index is 1.18. The Hall–Kier alpha value is -7.08. The first-order valence-electron chi connectivity index (χ1n) is 18.8. The van der Waals surface area contributed by atoms with Gasteiger partial charge < -0.3 is 4.57 Å². The third-order valence-corrected chi connectivity index (χ3v) is 14.2. The topological polar surface area (TPSA) is 43.6 Å². The number of hydrogen-bond acceptors (Lipinski definition) is 3. The van der Waals surface area contributed by atoms with Crippen LogP contribution in [-0.4, -0.2) is 19.5 Å². The van der Waals surface area contributed by atoms with Gasteiger partial charge in [0.05, 0.1) is 11.0 Å². The van der Waals surface area contributed by atoms with Crippen LogP contribution < -0.4 is 0 Å². The molecule has 2 heterocycles. The molecule has 4 nitrogen and oxygen atoms in total. The van der Waals surface area contributed by atoms with Crippen LogP contribution in [0, 0.1) is 0 Å². The summed E-state index contributed by atoms with van der Waals surface area (Å²) in [5.41, 5.74) is 6.13. The van der Waals surface area contributed by atoms with Crippen LogP contribution in [0.15, 0.2) is 238 Å². The number of benzene rings is 8. The molecule has 10 rings (SSSR count). The van der Waals surface area contributed by atoms with Gasteiger partial charge in [0.1, 0.15) is 0 Å². The van der Waals surface area contributed by atoms with Crippen molar-refractivity contribution in [1.29, 1.82) is 0 Å². The summed E-state index contributed by atoms with van der Waals surface area (Å²) in [7, 11) is -1.86. The molecule has 0 saturated carbocycles. The molecule has 0 unspecified atom stereocenters. The fraction of sp³-hybridized carbons (Fsp3) is 0. The monoisotopic (exact) mass is 736 g/mol. The Kier molecular flexibility index (Phi) is 8.55. The summed E-state index contributed by atoms with van der Waals surface area (Å²) in [5, 5.41) is 2.41. The molecule has 0 amide bonds. The second-order valence-corrected chi connectivity index (χ2v) is 16.8. The molecule has 0 atom stereocenters. The van der Waals surface area contributed by atoms with E-state index in [9.17, 15) is 0 Å². The van der Waals surface area contributed by atoms with Crippen LogP contribution >= 0.6 is 10.0 Å². The smallest absolute Gasteiger partial charge is 0.164 e. The molecule has 8 aromatic carbocycles. The van der Waals surface area contributed by atoms with E-state index in [0.29, 0.717) is 17.5 Å². The molecular formula is C51H36N4S. The van der Waals surface area contributed by atoms with Crippen molar-refractivity contribution < 1.29 is 0 Å². The molecule has 0 aliphatic heterocycles. The maximum atomic E-state index is 5.04. The molecule has 2 aromatic heterocycles. The van der Waals surface area contributed by atoms with Crippen LogP contribution in [0.2, 0.25) is 0 Å². The lowest BCUT2D eigenvalue weighted by Crippen LogP contribution is -2.05. The van der Waals surface area contributed by atoms with E-state index in [4.69, 9.17) is 15.0 Å². The molecule has 0 aliphatic carbocycles. The maximum Gasteiger partial charge on any atom is 0.164 e. The molecular weight excluding hydrogens is 701 g/mol. The highest BCUT2D eigenvalue weighted by atomic mass is 32.3. The van der Waals surface area contributed by atoms with Crippen molar-refractivity contribution >= 4 is 31.8 Å². The highest BCUT2D eigenvalue weighted by molar-refractivity contribution is 8.34. The second-order valence-electron chi connectivity index (χ2n) is 13.7. The van der Waals surface area contributed by atoms with Crippen molar-refractivity contribution in [2.75, 3.05) is 0 Å². The van der Waals surface area contributed by atoms with Crippen molar-refractivity contribution in [1.82, 2.24) is 19.5 Å². The molecule has 0 bridgehead atoms. The van der Waals surface area contributed by atoms with Crippen molar-refractivity contribution in [3.63, 3.8) is 0 Å². The second kappa shape index (κ2) is 14.3. The summed E-state index contributed by atoms with van der Waals surface area (Å²) >= 11 is 0. The van der Waals surface area contributed by atoms with Crippen molar-refractivity contribution in [2.45, 2.75) is 19.6 Å². The minimum atomic E-state index is -1.86. The molecule has 266 valence electrons. The van der Waals surface area contributed by atoms with E-state index in [0.717, 1.165) is 33.4 Å². The highest BCUT2D eigenvalue weighted by Gasteiger charge is 2.33. The fourth-order valence-corrected chi connectivity index (χ4v) is 11.7. The SMILES string of the molecule is c1ccc(-c2nc(-c3ccccc3)nc(-c3cccc(-n4c5ccccc5c5cc(S(c6ccccc6)(c6ccccc6)c6ccccc6)ccc54)c3)n2)cc1. The number of para-hydroxylation sites is 1. The molecule has 0 aliphatic rings. The predicted molar refractivity (Wildman–Crippen MR) is 230 cm³/mol. The Morgan fingerprint density at radius 3 is 1.27 bits per heavy atom. The van der Waals surface area contributed by atoms with Crippen LogP contribution in [-0.2, 0) is 0 Å². The van der Waals surface area contributed by atoms with Crippen molar-refractivity contribution in [3.8, 4) is 39.9 Å². The summed E-state index contributed by atoms with van der Waals surface area (Å²) in [6.07, 6.45) is 0. The minimum Gasteiger partial charge on any atom is -0.309 e. The van der Waals surface area contributed by atoms with Gasteiger partial charge in [0, 0.05) is 52.7 Å². The average molecular weight is 737 g/mol. The summed E-state index contributed by atoms with van der Waals surface area (Å²) in [4.78, 5) is 20.2. The summed E-state index contributed by atoms with van der Waals surface area (Å²) in [6, 6.07) is 77.7. The fourth-order valence-electron chi connectivity index (χ4n) is 7.83. The first-order valence-corrected chi connectivity index (χ1v) is 20.4. The van der Waals surface area contributed by atoms with Gasteiger partial charge in [-0.25, -0.2) is 15.0 Å². The van der Waals surface area contributed by atoms with E-state index >= 15 is 0 Å². The zero-order chi connectivity index (χ0) is 37.3.